The normalized spacial score (nSPS) is 15.9. The number of cyclic esters (lactones) is 1. The average molecular weight is 439 g/mol. The zero-order chi connectivity index (χ0) is 21.0. The van der Waals surface area contributed by atoms with Crippen molar-refractivity contribution in [3.05, 3.63) is 29.6 Å². The first kappa shape index (κ1) is 21.0. The molecule has 0 aliphatic carbocycles. The van der Waals surface area contributed by atoms with Crippen molar-refractivity contribution >= 4 is 51.8 Å². The van der Waals surface area contributed by atoms with E-state index in [0.717, 1.165) is 11.8 Å². The van der Waals surface area contributed by atoms with Crippen LogP contribution in [0.5, 0.6) is 0 Å². The van der Waals surface area contributed by atoms with E-state index in [1.165, 1.54) is 47.1 Å². The lowest BCUT2D eigenvalue weighted by molar-refractivity contribution is -0.119. The van der Waals surface area contributed by atoms with Crippen LogP contribution in [0.4, 0.5) is 20.0 Å². The number of nitrogens with zero attached hydrogens (tertiary/aromatic N) is 3. The van der Waals surface area contributed by atoms with Gasteiger partial charge in [-0.25, -0.2) is 9.18 Å². The molecule has 29 heavy (non-hydrogen) atoms. The van der Waals surface area contributed by atoms with Crippen molar-refractivity contribution in [2.24, 2.45) is 0 Å². The Labute approximate surface area is 174 Å². The van der Waals surface area contributed by atoms with Crippen LogP contribution >= 0.6 is 23.1 Å². The molecule has 0 bridgehead atoms. The quantitative estimate of drug-likeness (QED) is 0.503. The number of thioether (sulfide) groups is 1. The molecule has 2 N–H and O–H groups in total. The Morgan fingerprint density at radius 1 is 1.41 bits per heavy atom. The van der Waals surface area contributed by atoms with E-state index in [9.17, 15) is 18.8 Å². The molecule has 1 atom stereocenters. The second-order valence-corrected chi connectivity index (χ2v) is 8.47. The Morgan fingerprint density at radius 2 is 2.21 bits per heavy atom. The summed E-state index contributed by atoms with van der Waals surface area (Å²) in [7, 11) is 0. The molecule has 0 spiro atoms. The minimum Gasteiger partial charge on any atom is -0.442 e. The molecule has 1 aliphatic rings. The van der Waals surface area contributed by atoms with Crippen molar-refractivity contribution in [1.29, 1.82) is 0 Å². The third-order valence-electron chi connectivity index (χ3n) is 3.86. The fourth-order valence-corrected chi connectivity index (χ4v) is 4.20. The molecule has 1 aromatic carbocycles. The first-order valence-corrected chi connectivity index (χ1v) is 10.5. The van der Waals surface area contributed by atoms with Gasteiger partial charge in [-0.3, -0.25) is 19.8 Å². The number of hydrogen-bond donors (Lipinski definition) is 2. The van der Waals surface area contributed by atoms with Crippen LogP contribution in [0, 0.1) is 5.82 Å². The molecule has 12 heteroatoms. The lowest BCUT2D eigenvalue weighted by Crippen LogP contribution is -2.33. The molecule has 154 valence electrons. The van der Waals surface area contributed by atoms with Crippen molar-refractivity contribution in [1.82, 2.24) is 15.5 Å². The second kappa shape index (κ2) is 9.18. The van der Waals surface area contributed by atoms with E-state index in [1.54, 1.807) is 0 Å². The number of aromatic nitrogens is 2. The van der Waals surface area contributed by atoms with Crippen LogP contribution in [0.15, 0.2) is 22.5 Å². The van der Waals surface area contributed by atoms with E-state index in [-0.39, 0.29) is 35.4 Å². The fourth-order valence-electron chi connectivity index (χ4n) is 2.56. The number of nitrogens with one attached hydrogen (secondary N) is 2. The zero-order valence-electron chi connectivity index (χ0n) is 15.6. The molecule has 3 amide bonds. The molecule has 1 fully saturated rings. The van der Waals surface area contributed by atoms with Gasteiger partial charge in [-0.05, 0) is 24.0 Å². The monoisotopic (exact) mass is 439 g/mol. The molecule has 2 heterocycles. The SMILES string of the molecule is CCSc1nnc(NC(=O)c2ccc(N3C[C@H](CNC(C)=O)OC3=O)cc2F)s1. The van der Waals surface area contributed by atoms with E-state index >= 15 is 0 Å². The predicted molar refractivity (Wildman–Crippen MR) is 107 cm³/mol. The average Bonchev–Trinajstić information content (AvgIpc) is 3.26. The number of rotatable bonds is 7. The highest BCUT2D eigenvalue weighted by atomic mass is 32.2. The van der Waals surface area contributed by atoms with Crippen LogP contribution in [-0.4, -0.2) is 53.1 Å². The lowest BCUT2D eigenvalue weighted by atomic mass is 10.1. The van der Waals surface area contributed by atoms with Gasteiger partial charge >= 0.3 is 6.09 Å². The summed E-state index contributed by atoms with van der Waals surface area (Å²) in [5.74, 6) is -0.864. The van der Waals surface area contributed by atoms with Gasteiger partial charge in [0.25, 0.3) is 5.91 Å². The molecule has 2 aromatic rings. The van der Waals surface area contributed by atoms with Crippen LogP contribution in [0.1, 0.15) is 24.2 Å². The smallest absolute Gasteiger partial charge is 0.414 e. The maximum atomic E-state index is 14.5. The number of carbonyl (C=O) groups is 3. The van der Waals surface area contributed by atoms with Crippen molar-refractivity contribution in [3.63, 3.8) is 0 Å². The molecule has 1 saturated heterocycles. The van der Waals surface area contributed by atoms with Gasteiger partial charge in [0.2, 0.25) is 11.0 Å². The third-order valence-corrected chi connectivity index (χ3v) is 5.71. The molecule has 0 radical (unpaired) electrons. The van der Waals surface area contributed by atoms with Gasteiger partial charge in [0.05, 0.1) is 24.3 Å². The number of hydrogen-bond acceptors (Lipinski definition) is 8. The van der Waals surface area contributed by atoms with Gasteiger partial charge in [-0.1, -0.05) is 30.0 Å². The van der Waals surface area contributed by atoms with Gasteiger partial charge < -0.3 is 10.1 Å². The molecular weight excluding hydrogens is 421 g/mol. The summed E-state index contributed by atoms with van der Waals surface area (Å²) in [4.78, 5) is 36.6. The van der Waals surface area contributed by atoms with Gasteiger partial charge in [0.1, 0.15) is 11.9 Å². The summed E-state index contributed by atoms with van der Waals surface area (Å²) in [5, 5.41) is 13.1. The van der Waals surface area contributed by atoms with E-state index in [1.807, 2.05) is 6.92 Å². The van der Waals surface area contributed by atoms with Crippen molar-refractivity contribution < 1.29 is 23.5 Å². The summed E-state index contributed by atoms with van der Waals surface area (Å²) in [6.07, 6.45) is -1.18. The Morgan fingerprint density at radius 3 is 2.90 bits per heavy atom. The number of benzene rings is 1. The van der Waals surface area contributed by atoms with Crippen LogP contribution in [0.25, 0.3) is 0 Å². The van der Waals surface area contributed by atoms with Crippen LogP contribution in [-0.2, 0) is 9.53 Å². The van der Waals surface area contributed by atoms with Crippen LogP contribution in [0.2, 0.25) is 0 Å². The van der Waals surface area contributed by atoms with Gasteiger partial charge in [0.15, 0.2) is 4.34 Å². The van der Waals surface area contributed by atoms with Gasteiger partial charge in [-0.2, -0.15) is 0 Å². The molecule has 3 rings (SSSR count). The Kier molecular flexibility index (Phi) is 6.64. The first-order chi connectivity index (χ1) is 13.9. The highest BCUT2D eigenvalue weighted by molar-refractivity contribution is 8.01. The van der Waals surface area contributed by atoms with E-state index in [4.69, 9.17) is 4.74 Å². The topological polar surface area (TPSA) is 114 Å². The molecule has 1 aliphatic heterocycles. The minimum atomic E-state index is -0.786. The van der Waals surface area contributed by atoms with E-state index < -0.39 is 23.9 Å². The van der Waals surface area contributed by atoms with E-state index in [2.05, 4.69) is 20.8 Å². The maximum absolute atomic E-state index is 14.5. The number of amides is 3. The summed E-state index contributed by atoms with van der Waals surface area (Å²) in [5.41, 5.74) is 0.0722. The molecule has 9 nitrogen and oxygen atoms in total. The second-order valence-electron chi connectivity index (χ2n) is 5.98. The van der Waals surface area contributed by atoms with Crippen LogP contribution < -0.4 is 15.5 Å². The Hall–Kier alpha value is -2.73. The van der Waals surface area contributed by atoms with Crippen molar-refractivity contribution in [2.75, 3.05) is 29.1 Å². The fraction of sp³-hybridized carbons (Fsp3) is 0.353. The first-order valence-electron chi connectivity index (χ1n) is 8.67. The van der Waals surface area contributed by atoms with Gasteiger partial charge in [0, 0.05) is 6.92 Å². The molecule has 0 saturated carbocycles. The highest BCUT2D eigenvalue weighted by Gasteiger charge is 2.33. The molecule has 1 aromatic heterocycles. The number of carbonyl (C=O) groups excluding carboxylic acids is 3. The lowest BCUT2D eigenvalue weighted by Gasteiger charge is -2.14. The molecular formula is C17H18FN5O4S2. The Balaban J connectivity index is 1.67. The standard InChI is InChI=1S/C17H18FN5O4S2/c1-3-28-16-22-21-15(29-16)20-14(25)12-5-4-10(6-13(12)18)23-8-11(27-17(23)26)7-19-9(2)24/h4-6,11H,3,7-8H2,1-2H3,(H,19,24)(H,20,21,25)/t11-/m0/s1. The van der Waals surface area contributed by atoms with Crippen molar-refractivity contribution in [2.45, 2.75) is 24.3 Å². The van der Waals surface area contributed by atoms with Gasteiger partial charge in [-0.15, -0.1) is 10.2 Å². The summed E-state index contributed by atoms with van der Waals surface area (Å²) in [6.45, 7) is 3.66. The number of halogens is 1. The zero-order valence-corrected chi connectivity index (χ0v) is 17.2. The highest BCUT2D eigenvalue weighted by Crippen LogP contribution is 2.27. The summed E-state index contributed by atoms with van der Waals surface area (Å²) in [6, 6.07) is 3.84. The summed E-state index contributed by atoms with van der Waals surface area (Å²) < 4.78 is 20.4. The molecule has 0 unspecified atom stereocenters. The number of ether oxygens (including phenoxy) is 1. The van der Waals surface area contributed by atoms with Crippen molar-refractivity contribution in [3.8, 4) is 0 Å². The predicted octanol–water partition coefficient (Wildman–Crippen LogP) is 2.50. The maximum Gasteiger partial charge on any atom is 0.414 e. The Bertz CT molecular complexity index is 938. The minimum absolute atomic E-state index is 0.159. The third kappa shape index (κ3) is 5.21. The number of anilines is 2. The van der Waals surface area contributed by atoms with E-state index in [0.29, 0.717) is 4.34 Å². The van der Waals surface area contributed by atoms with Crippen LogP contribution in [0.3, 0.4) is 0 Å². The summed E-state index contributed by atoms with van der Waals surface area (Å²) >= 11 is 2.69. The largest absolute Gasteiger partial charge is 0.442 e.